The topological polar surface area (TPSA) is 40.6 Å². The van der Waals surface area contributed by atoms with Crippen LogP contribution in [-0.2, 0) is 10.0 Å². The molecule has 0 N–H and O–H groups in total. The van der Waals surface area contributed by atoms with Crippen molar-refractivity contribution in [3.63, 3.8) is 0 Å². The van der Waals surface area contributed by atoms with Crippen LogP contribution in [0.1, 0.15) is 32.1 Å². The SMILES string of the molecule is O=S(=O)(c1ccccc1Cl)N1CCN(C23CC4CC5CC(C2)C53C4)CC1. The summed E-state index contributed by atoms with van der Waals surface area (Å²) in [6, 6.07) is 6.79. The highest BCUT2D eigenvalue weighted by molar-refractivity contribution is 7.89. The van der Waals surface area contributed by atoms with Gasteiger partial charge < -0.3 is 0 Å². The van der Waals surface area contributed by atoms with Gasteiger partial charge in [0.25, 0.3) is 0 Å². The first-order valence-electron chi connectivity index (χ1n) is 9.97. The third-order valence-corrected chi connectivity index (χ3v) is 11.0. The molecule has 0 amide bonds. The van der Waals surface area contributed by atoms with E-state index < -0.39 is 10.0 Å². The van der Waals surface area contributed by atoms with E-state index in [0.29, 0.717) is 29.1 Å². The second-order valence-electron chi connectivity index (χ2n) is 9.24. The summed E-state index contributed by atoms with van der Waals surface area (Å²) in [5.41, 5.74) is 1.05. The largest absolute Gasteiger partial charge is 0.294 e. The predicted octanol–water partition coefficient (Wildman–Crippen LogP) is 3.23. The molecule has 5 unspecified atom stereocenters. The highest BCUT2D eigenvalue weighted by Gasteiger charge is 2.81. The molecule has 140 valence electrons. The van der Waals surface area contributed by atoms with Crippen LogP contribution < -0.4 is 0 Å². The zero-order valence-electron chi connectivity index (χ0n) is 14.9. The molecule has 4 saturated carbocycles. The number of hydrogen-bond acceptors (Lipinski definition) is 3. The van der Waals surface area contributed by atoms with Gasteiger partial charge in [-0.3, -0.25) is 4.90 Å². The molecule has 26 heavy (non-hydrogen) atoms. The second kappa shape index (κ2) is 5.05. The quantitative estimate of drug-likeness (QED) is 0.792. The van der Waals surface area contributed by atoms with E-state index in [4.69, 9.17) is 11.6 Å². The molecule has 0 radical (unpaired) electrons. The lowest BCUT2D eigenvalue weighted by molar-refractivity contribution is -0.255. The molecule has 6 heteroatoms. The predicted molar refractivity (Wildman–Crippen MR) is 101 cm³/mol. The zero-order chi connectivity index (χ0) is 17.7. The summed E-state index contributed by atoms with van der Waals surface area (Å²) < 4.78 is 27.6. The van der Waals surface area contributed by atoms with Gasteiger partial charge in [0.2, 0.25) is 10.0 Å². The molecule has 5 fully saturated rings. The lowest BCUT2D eigenvalue weighted by atomic mass is 9.34. The van der Waals surface area contributed by atoms with Gasteiger partial charge >= 0.3 is 0 Å². The van der Waals surface area contributed by atoms with E-state index >= 15 is 0 Å². The first-order valence-corrected chi connectivity index (χ1v) is 11.8. The molecule has 2 bridgehead atoms. The van der Waals surface area contributed by atoms with Crippen LogP contribution in [0.15, 0.2) is 29.2 Å². The van der Waals surface area contributed by atoms with Crippen LogP contribution in [0.2, 0.25) is 5.02 Å². The van der Waals surface area contributed by atoms with Crippen LogP contribution in [0.3, 0.4) is 0 Å². The molecule has 4 nitrogen and oxygen atoms in total. The summed E-state index contributed by atoms with van der Waals surface area (Å²) >= 11 is 6.16. The summed E-state index contributed by atoms with van der Waals surface area (Å²) in [5.74, 6) is 2.90. The Bertz CT molecular complexity index is 882. The van der Waals surface area contributed by atoms with Crippen molar-refractivity contribution in [3.05, 3.63) is 29.3 Å². The number of benzene rings is 1. The maximum atomic E-state index is 13.0. The Morgan fingerprint density at radius 2 is 1.73 bits per heavy atom. The van der Waals surface area contributed by atoms with Gasteiger partial charge in [-0.1, -0.05) is 23.7 Å². The van der Waals surface area contributed by atoms with Crippen molar-refractivity contribution in [2.24, 2.45) is 23.2 Å². The molecule has 5 aliphatic rings. The van der Waals surface area contributed by atoms with Crippen LogP contribution in [0.5, 0.6) is 0 Å². The van der Waals surface area contributed by atoms with E-state index in [1.54, 1.807) is 28.6 Å². The number of halogens is 1. The summed E-state index contributed by atoms with van der Waals surface area (Å²) in [5, 5.41) is 0.319. The standard InChI is InChI=1S/C20H25ClN2O2S/c21-17-3-1-2-4-18(17)26(24,25)23-7-5-22(6-8-23)19-11-14-9-15-10-16(13-19)20(15,19)12-14/h1-4,14-16H,5-13H2. The Morgan fingerprint density at radius 1 is 0.962 bits per heavy atom. The molecular formula is C20H25ClN2O2S. The lowest BCUT2D eigenvalue weighted by Gasteiger charge is -2.76. The monoisotopic (exact) mass is 392 g/mol. The number of piperazine rings is 1. The highest BCUT2D eigenvalue weighted by Crippen LogP contribution is 2.84. The average molecular weight is 393 g/mol. The van der Waals surface area contributed by atoms with Crippen LogP contribution in [0.4, 0.5) is 0 Å². The van der Waals surface area contributed by atoms with Gasteiger partial charge in [-0.25, -0.2) is 8.42 Å². The Labute approximate surface area is 160 Å². The smallest absolute Gasteiger partial charge is 0.244 e. The maximum Gasteiger partial charge on any atom is 0.244 e. The first kappa shape index (κ1) is 16.3. The molecule has 1 aromatic rings. The average Bonchev–Trinajstić information content (AvgIpc) is 3.11. The van der Waals surface area contributed by atoms with Crippen molar-refractivity contribution in [1.29, 1.82) is 0 Å². The minimum atomic E-state index is -3.49. The van der Waals surface area contributed by atoms with Crippen molar-refractivity contribution in [1.82, 2.24) is 9.21 Å². The van der Waals surface area contributed by atoms with Crippen LogP contribution in [-0.4, -0.2) is 49.3 Å². The van der Waals surface area contributed by atoms with Gasteiger partial charge in [-0.15, -0.1) is 0 Å². The second-order valence-corrected chi connectivity index (χ2v) is 11.6. The van der Waals surface area contributed by atoms with E-state index in [-0.39, 0.29) is 4.90 Å². The number of fused-ring (bicyclic) bond motifs is 1. The first-order chi connectivity index (χ1) is 12.5. The zero-order valence-corrected chi connectivity index (χ0v) is 16.5. The molecule has 1 heterocycles. The highest BCUT2D eigenvalue weighted by atomic mass is 35.5. The number of nitrogens with zero attached hydrogens (tertiary/aromatic N) is 2. The molecule has 1 saturated heterocycles. The number of sulfonamides is 1. The van der Waals surface area contributed by atoms with Crippen LogP contribution in [0, 0.1) is 23.2 Å². The fraction of sp³-hybridized carbons (Fsp3) is 0.700. The Hall–Kier alpha value is -0.620. The van der Waals surface area contributed by atoms with Gasteiger partial charge in [0.15, 0.2) is 0 Å². The Morgan fingerprint density at radius 3 is 2.42 bits per heavy atom. The van der Waals surface area contributed by atoms with Gasteiger partial charge in [-0.05, 0) is 67.4 Å². The molecular weight excluding hydrogens is 368 g/mol. The molecule has 5 atom stereocenters. The molecule has 1 aromatic carbocycles. The van der Waals surface area contributed by atoms with Crippen molar-refractivity contribution < 1.29 is 8.42 Å². The van der Waals surface area contributed by atoms with Crippen molar-refractivity contribution >= 4 is 21.6 Å². The van der Waals surface area contributed by atoms with Crippen molar-refractivity contribution in [3.8, 4) is 0 Å². The van der Waals surface area contributed by atoms with Gasteiger partial charge in [-0.2, -0.15) is 4.31 Å². The van der Waals surface area contributed by atoms with E-state index in [1.807, 2.05) is 0 Å². The van der Waals surface area contributed by atoms with Gasteiger partial charge in [0, 0.05) is 31.7 Å². The van der Waals surface area contributed by atoms with E-state index in [2.05, 4.69) is 4.90 Å². The normalized spacial score (nSPS) is 44.4. The van der Waals surface area contributed by atoms with E-state index in [1.165, 1.54) is 32.1 Å². The minimum Gasteiger partial charge on any atom is -0.294 e. The molecule has 0 aromatic heterocycles. The maximum absolute atomic E-state index is 13.0. The minimum absolute atomic E-state index is 0.245. The Kier molecular flexibility index (Phi) is 3.17. The molecule has 6 rings (SSSR count). The van der Waals surface area contributed by atoms with Crippen molar-refractivity contribution in [2.75, 3.05) is 26.2 Å². The van der Waals surface area contributed by atoms with Crippen LogP contribution in [0.25, 0.3) is 0 Å². The summed E-state index contributed by atoms with van der Waals surface area (Å²) in [7, 11) is -3.49. The third-order valence-electron chi connectivity index (χ3n) is 8.65. The summed E-state index contributed by atoms with van der Waals surface area (Å²) in [6.45, 7) is 2.92. The van der Waals surface area contributed by atoms with Crippen LogP contribution >= 0.6 is 11.6 Å². The summed E-state index contributed by atoms with van der Waals surface area (Å²) in [6.07, 6.45) is 7.15. The molecule has 1 aliphatic heterocycles. The fourth-order valence-corrected chi connectivity index (χ4v) is 9.75. The summed E-state index contributed by atoms with van der Waals surface area (Å²) in [4.78, 5) is 2.93. The fourth-order valence-electron chi connectivity index (χ4n) is 7.83. The number of rotatable bonds is 3. The third kappa shape index (κ3) is 1.73. The lowest BCUT2D eigenvalue weighted by Crippen LogP contribution is -2.78. The van der Waals surface area contributed by atoms with E-state index in [9.17, 15) is 8.42 Å². The van der Waals surface area contributed by atoms with Crippen molar-refractivity contribution in [2.45, 2.75) is 42.5 Å². The van der Waals surface area contributed by atoms with Gasteiger partial charge in [0.1, 0.15) is 4.90 Å². The molecule has 4 aliphatic carbocycles. The Balaban J connectivity index is 1.22. The van der Waals surface area contributed by atoms with Gasteiger partial charge in [0.05, 0.1) is 5.02 Å². The number of hydrogen-bond donors (Lipinski definition) is 0. The molecule has 1 spiro atoms. The van der Waals surface area contributed by atoms with E-state index in [0.717, 1.165) is 30.8 Å².